The molecule has 4 unspecified atom stereocenters. The largest absolute Gasteiger partial charge is 0.304 e. The van der Waals surface area contributed by atoms with Crippen LogP contribution >= 0.6 is 0 Å². The minimum Gasteiger partial charge on any atom is -0.304 e. The SMILES string of the molecule is CCC(C)C(C=NCC(CCN(CC)CC)(c1cccc2ccccc12)C(C)CC)(CCN(CC)CC)c1cccc2ccccc12. The molecule has 0 saturated heterocycles. The van der Waals surface area contributed by atoms with Gasteiger partial charge in [0.05, 0.1) is 0 Å². The molecule has 0 aliphatic carbocycles. The van der Waals surface area contributed by atoms with E-state index in [9.17, 15) is 0 Å². The predicted octanol–water partition coefficient (Wildman–Crippen LogP) is 10.8. The quantitative estimate of drug-likeness (QED) is 0.0957. The van der Waals surface area contributed by atoms with Crippen LogP contribution < -0.4 is 0 Å². The number of nitrogens with zero attached hydrogens (tertiary/aromatic N) is 3. The highest BCUT2D eigenvalue weighted by molar-refractivity contribution is 5.91. The first kappa shape index (κ1) is 36.8. The van der Waals surface area contributed by atoms with E-state index in [0.29, 0.717) is 11.8 Å². The van der Waals surface area contributed by atoms with Gasteiger partial charge in [-0.1, -0.05) is 153 Å². The first-order valence-electron chi connectivity index (χ1n) is 18.8. The van der Waals surface area contributed by atoms with E-state index in [1.54, 1.807) is 0 Å². The molecule has 0 amide bonds. The lowest BCUT2D eigenvalue weighted by molar-refractivity contribution is 0.211. The zero-order valence-corrected chi connectivity index (χ0v) is 30.9. The van der Waals surface area contributed by atoms with Gasteiger partial charge >= 0.3 is 0 Å². The Morgan fingerprint density at radius 3 is 1.57 bits per heavy atom. The van der Waals surface area contributed by atoms with E-state index >= 15 is 0 Å². The molecule has 47 heavy (non-hydrogen) atoms. The Balaban J connectivity index is 1.92. The maximum atomic E-state index is 5.72. The number of benzene rings is 4. The van der Waals surface area contributed by atoms with Gasteiger partial charge in [0.1, 0.15) is 0 Å². The van der Waals surface area contributed by atoms with Crippen LogP contribution in [0.2, 0.25) is 0 Å². The van der Waals surface area contributed by atoms with E-state index in [-0.39, 0.29) is 10.8 Å². The van der Waals surface area contributed by atoms with Crippen molar-refractivity contribution >= 4 is 27.8 Å². The molecule has 0 fully saturated rings. The lowest BCUT2D eigenvalue weighted by Crippen LogP contribution is -2.43. The number of rotatable bonds is 19. The molecule has 4 aromatic rings. The fraction of sp³-hybridized carbons (Fsp3) is 0.523. The molecule has 4 atom stereocenters. The highest BCUT2D eigenvalue weighted by Gasteiger charge is 2.40. The van der Waals surface area contributed by atoms with Gasteiger partial charge < -0.3 is 9.80 Å². The van der Waals surface area contributed by atoms with E-state index in [4.69, 9.17) is 4.99 Å². The highest BCUT2D eigenvalue weighted by atomic mass is 15.1. The van der Waals surface area contributed by atoms with E-state index in [2.05, 4.69) is 156 Å². The Kier molecular flexibility index (Phi) is 13.6. The summed E-state index contributed by atoms with van der Waals surface area (Å²) in [7, 11) is 0. The molecular weight excluding hydrogens is 571 g/mol. The van der Waals surface area contributed by atoms with Crippen LogP contribution in [0.15, 0.2) is 89.9 Å². The van der Waals surface area contributed by atoms with Gasteiger partial charge in [0.25, 0.3) is 0 Å². The molecule has 4 aromatic carbocycles. The summed E-state index contributed by atoms with van der Waals surface area (Å²) in [5.74, 6) is 0.922. The molecule has 254 valence electrons. The third-order valence-corrected chi connectivity index (χ3v) is 11.9. The molecular formula is C44H63N3. The lowest BCUT2D eigenvalue weighted by atomic mass is 9.65. The zero-order chi connectivity index (χ0) is 33.9. The Labute approximate surface area is 287 Å². The maximum Gasteiger partial charge on any atom is 0.0486 e. The predicted molar refractivity (Wildman–Crippen MR) is 208 cm³/mol. The van der Waals surface area contributed by atoms with Gasteiger partial charge in [0, 0.05) is 23.6 Å². The molecule has 4 rings (SSSR count). The van der Waals surface area contributed by atoms with Crippen LogP contribution in [0.5, 0.6) is 0 Å². The first-order chi connectivity index (χ1) is 22.8. The average Bonchev–Trinajstić information content (AvgIpc) is 3.13. The van der Waals surface area contributed by atoms with Crippen molar-refractivity contribution in [3.05, 3.63) is 96.1 Å². The second-order valence-electron chi connectivity index (χ2n) is 13.9. The third kappa shape index (κ3) is 8.01. The van der Waals surface area contributed by atoms with Crippen molar-refractivity contribution in [3.63, 3.8) is 0 Å². The van der Waals surface area contributed by atoms with E-state index in [1.165, 1.54) is 32.7 Å². The molecule has 0 heterocycles. The Hall–Kier alpha value is -3.01. The normalized spacial score (nSPS) is 16.2. The van der Waals surface area contributed by atoms with Gasteiger partial charge in [0.2, 0.25) is 0 Å². The third-order valence-electron chi connectivity index (χ3n) is 11.9. The summed E-state index contributed by atoms with van der Waals surface area (Å²) in [6.07, 6.45) is 6.84. The monoisotopic (exact) mass is 634 g/mol. The summed E-state index contributed by atoms with van der Waals surface area (Å²) in [5.41, 5.74) is 2.66. The molecule has 0 aliphatic rings. The fourth-order valence-electron chi connectivity index (χ4n) is 8.07. The molecule has 0 aromatic heterocycles. The van der Waals surface area contributed by atoms with Crippen LogP contribution in [0.4, 0.5) is 0 Å². The van der Waals surface area contributed by atoms with Crippen molar-refractivity contribution in [1.82, 2.24) is 9.80 Å². The topological polar surface area (TPSA) is 18.8 Å². The Morgan fingerprint density at radius 2 is 1.04 bits per heavy atom. The first-order valence-corrected chi connectivity index (χ1v) is 18.8. The van der Waals surface area contributed by atoms with Crippen LogP contribution in [-0.2, 0) is 10.8 Å². The summed E-state index contributed by atoms with van der Waals surface area (Å²) in [6.45, 7) is 26.1. The van der Waals surface area contributed by atoms with E-state index in [1.807, 2.05) is 0 Å². The summed E-state index contributed by atoms with van der Waals surface area (Å²) >= 11 is 0. The minimum absolute atomic E-state index is 0.0759. The minimum atomic E-state index is -0.170. The lowest BCUT2D eigenvalue weighted by Gasteiger charge is -2.42. The van der Waals surface area contributed by atoms with E-state index in [0.717, 1.165) is 71.5 Å². The Morgan fingerprint density at radius 1 is 0.574 bits per heavy atom. The number of aliphatic imine (C=N–C) groups is 1. The van der Waals surface area contributed by atoms with Crippen molar-refractivity contribution in [2.45, 2.75) is 91.9 Å². The number of hydrogen-bond acceptors (Lipinski definition) is 3. The standard InChI is InChI=1S/C44H63N3/c1-9-35(7)43(29-31-46(11-3)12-4,41-27-19-23-37-21-15-17-25-39(37)41)33-45-34-44(36(8)10-2,30-32-47(13-5)14-6)42-28-20-24-38-22-16-18-26-40(38)42/h15-28,33,35-36H,9-14,29-32,34H2,1-8H3. The molecule has 3 nitrogen and oxygen atoms in total. The van der Waals surface area contributed by atoms with Crippen LogP contribution in [-0.4, -0.2) is 61.8 Å². The van der Waals surface area contributed by atoms with Crippen molar-refractivity contribution in [1.29, 1.82) is 0 Å². The molecule has 0 spiro atoms. The van der Waals surface area contributed by atoms with Crippen LogP contribution in [0.3, 0.4) is 0 Å². The van der Waals surface area contributed by atoms with Gasteiger partial charge in [-0.05, 0) is 96.6 Å². The average molecular weight is 634 g/mol. The summed E-state index contributed by atoms with van der Waals surface area (Å²) < 4.78 is 0. The van der Waals surface area contributed by atoms with Gasteiger partial charge in [-0.15, -0.1) is 0 Å². The van der Waals surface area contributed by atoms with Crippen LogP contribution in [0.25, 0.3) is 21.5 Å². The van der Waals surface area contributed by atoms with Gasteiger partial charge in [-0.3, -0.25) is 4.99 Å². The molecule has 0 radical (unpaired) electrons. The zero-order valence-electron chi connectivity index (χ0n) is 30.9. The van der Waals surface area contributed by atoms with Gasteiger partial charge in [-0.2, -0.15) is 0 Å². The van der Waals surface area contributed by atoms with Crippen molar-refractivity contribution < 1.29 is 0 Å². The van der Waals surface area contributed by atoms with Gasteiger partial charge in [-0.25, -0.2) is 0 Å². The molecule has 3 heteroatoms. The molecule has 0 N–H and O–H groups in total. The van der Waals surface area contributed by atoms with Crippen molar-refractivity contribution in [2.24, 2.45) is 16.8 Å². The molecule has 0 aliphatic heterocycles. The molecule has 0 saturated carbocycles. The summed E-state index contributed by atoms with van der Waals surface area (Å²) in [6, 6.07) is 31.9. The summed E-state index contributed by atoms with van der Waals surface area (Å²) in [4.78, 5) is 10.9. The maximum absolute atomic E-state index is 5.72. The number of fused-ring (bicyclic) bond motifs is 2. The van der Waals surface area contributed by atoms with Gasteiger partial charge in [0.15, 0.2) is 0 Å². The highest BCUT2D eigenvalue weighted by Crippen LogP contribution is 2.44. The van der Waals surface area contributed by atoms with Crippen molar-refractivity contribution in [3.8, 4) is 0 Å². The van der Waals surface area contributed by atoms with E-state index < -0.39 is 0 Å². The summed E-state index contributed by atoms with van der Waals surface area (Å²) in [5, 5.41) is 5.39. The second-order valence-corrected chi connectivity index (χ2v) is 13.9. The number of hydrogen-bond donors (Lipinski definition) is 0. The van der Waals surface area contributed by atoms with Crippen LogP contribution in [0, 0.1) is 11.8 Å². The van der Waals surface area contributed by atoms with Crippen molar-refractivity contribution in [2.75, 3.05) is 45.8 Å². The smallest absolute Gasteiger partial charge is 0.0486 e. The fourth-order valence-corrected chi connectivity index (χ4v) is 8.07. The molecule has 0 bridgehead atoms. The Bertz CT molecular complexity index is 1540. The second kappa shape index (κ2) is 17.4. The van der Waals surface area contributed by atoms with Crippen LogP contribution in [0.1, 0.15) is 92.2 Å².